The molecule has 5 heteroatoms. The quantitative estimate of drug-likeness (QED) is 0.401. The van der Waals surface area contributed by atoms with E-state index in [1.807, 2.05) is 24.3 Å². The molecule has 1 atom stereocenters. The number of amidine groups is 1. The molecule has 0 fully saturated rings. The van der Waals surface area contributed by atoms with Crippen LogP contribution in [0.25, 0.3) is 0 Å². The van der Waals surface area contributed by atoms with Crippen molar-refractivity contribution in [2.45, 2.75) is 6.04 Å². The lowest BCUT2D eigenvalue weighted by atomic mass is 10.00. The summed E-state index contributed by atoms with van der Waals surface area (Å²) in [7, 11) is 0. The number of hydrogen-bond acceptors (Lipinski definition) is 3. The Kier molecular flexibility index (Phi) is 2.55. The molecule has 0 aromatic rings. The van der Waals surface area contributed by atoms with Crippen molar-refractivity contribution in [3.05, 3.63) is 52.0 Å². The van der Waals surface area contributed by atoms with E-state index in [0.717, 1.165) is 15.2 Å². The fraction of sp³-hybridized carbons (Fsp3) is 0.100. The Balaban J connectivity index is 2.40. The maximum atomic E-state index is 11.5. The third-order valence-corrected chi connectivity index (χ3v) is 2.96. The van der Waals surface area contributed by atoms with Gasteiger partial charge in [0.2, 0.25) is 6.20 Å². The van der Waals surface area contributed by atoms with Gasteiger partial charge in [0.25, 0.3) is 6.04 Å². The summed E-state index contributed by atoms with van der Waals surface area (Å²) in [5.41, 5.74) is 6.22. The normalized spacial score (nSPS) is 23.2. The predicted octanol–water partition coefficient (Wildman–Crippen LogP) is 1.67. The first-order valence-corrected chi connectivity index (χ1v) is 5.25. The van der Waals surface area contributed by atoms with Crippen molar-refractivity contribution in [1.82, 2.24) is 0 Å². The number of nitrogens with one attached hydrogen (secondary N) is 1. The molecule has 0 spiro atoms. The van der Waals surface area contributed by atoms with Gasteiger partial charge in [0.05, 0.1) is 0 Å². The smallest absolute Gasteiger partial charge is 0.252 e. The lowest BCUT2D eigenvalue weighted by Crippen LogP contribution is -2.24. The van der Waals surface area contributed by atoms with Gasteiger partial charge in [-0.25, -0.2) is 0 Å². The molecule has 1 aliphatic carbocycles. The number of thioether (sulfide) groups is 1. The van der Waals surface area contributed by atoms with Crippen LogP contribution in [0.5, 0.6) is 0 Å². The Hall–Kier alpha value is -1.62. The van der Waals surface area contributed by atoms with Gasteiger partial charge in [0.15, 0.2) is 5.17 Å². The number of hydrogen-bond donors (Lipinski definition) is 2. The second-order valence-electron chi connectivity index (χ2n) is 3.15. The minimum Gasteiger partial charge on any atom is -0.378 e. The maximum Gasteiger partial charge on any atom is 0.252 e. The largest absolute Gasteiger partial charge is 0.378 e. The van der Waals surface area contributed by atoms with Crippen molar-refractivity contribution in [3.63, 3.8) is 0 Å². The third-order valence-electron chi connectivity index (χ3n) is 2.15. The number of rotatable bonds is 1. The minimum absolute atomic E-state index is 0.0307. The van der Waals surface area contributed by atoms with Crippen molar-refractivity contribution < 1.29 is 4.76 Å². The van der Waals surface area contributed by atoms with Crippen LogP contribution < -0.4 is 5.73 Å². The highest BCUT2D eigenvalue weighted by molar-refractivity contribution is 8.17. The number of allylic oxidation sites excluding steroid dienone is 3. The van der Waals surface area contributed by atoms with Gasteiger partial charge in [-0.05, 0) is 6.08 Å². The molecule has 0 radical (unpaired) electrons. The average Bonchev–Trinajstić information content (AvgIpc) is 2.22. The first kappa shape index (κ1) is 9.92. The summed E-state index contributed by atoms with van der Waals surface area (Å²) in [6.45, 7) is 0. The third kappa shape index (κ3) is 1.92. The predicted molar refractivity (Wildman–Crippen MR) is 61.4 cm³/mol. The van der Waals surface area contributed by atoms with Gasteiger partial charge in [0.1, 0.15) is 0 Å². The van der Waals surface area contributed by atoms with Gasteiger partial charge in [-0.15, -0.1) is 0 Å². The molecule has 0 aromatic heterocycles. The van der Waals surface area contributed by atoms with Gasteiger partial charge in [0, 0.05) is 26.2 Å². The van der Waals surface area contributed by atoms with Crippen LogP contribution in [-0.2, 0) is 0 Å². The molecule has 1 heterocycles. The summed E-state index contributed by atoms with van der Waals surface area (Å²) in [6.07, 6.45) is 10.6. The molecule has 1 aliphatic heterocycles. The Morgan fingerprint density at radius 3 is 3.00 bits per heavy atom. The van der Waals surface area contributed by atoms with Gasteiger partial charge in [-0.2, -0.15) is 0 Å². The summed E-state index contributed by atoms with van der Waals surface area (Å²) in [5.74, 6) is 0. The summed E-state index contributed by atoms with van der Waals surface area (Å²) < 4.78 is 0.888. The highest BCUT2D eigenvalue weighted by Crippen LogP contribution is 2.30. The van der Waals surface area contributed by atoms with E-state index in [1.165, 1.54) is 18.0 Å². The number of nitroso groups, excluding NO2 is 1. The summed E-state index contributed by atoms with van der Waals surface area (Å²) in [4.78, 5) is 12.3. The summed E-state index contributed by atoms with van der Waals surface area (Å²) in [6, 6.07) is -0.276. The second-order valence-corrected chi connectivity index (χ2v) is 4.23. The molecule has 1 unspecified atom stereocenters. The number of nitrogens with two attached hydrogens (primary N) is 1. The van der Waals surface area contributed by atoms with Crippen molar-refractivity contribution in [3.8, 4) is 0 Å². The van der Waals surface area contributed by atoms with Crippen LogP contribution in [0.15, 0.2) is 47.1 Å². The molecule has 15 heavy (non-hydrogen) atoms. The summed E-state index contributed by atoms with van der Waals surface area (Å²) >= 11 is 1.17. The van der Waals surface area contributed by atoms with E-state index in [4.69, 9.17) is 11.1 Å². The lowest BCUT2D eigenvalue weighted by molar-refractivity contribution is -0.499. The molecular weight excluding hydrogens is 210 g/mol. The Morgan fingerprint density at radius 2 is 2.27 bits per heavy atom. The van der Waals surface area contributed by atoms with Gasteiger partial charge < -0.3 is 5.73 Å². The first-order chi connectivity index (χ1) is 7.18. The van der Waals surface area contributed by atoms with E-state index in [2.05, 4.69) is 0 Å². The summed E-state index contributed by atoms with van der Waals surface area (Å²) in [5, 5.41) is 7.26. The molecule has 2 rings (SSSR count). The van der Waals surface area contributed by atoms with Crippen molar-refractivity contribution >= 4 is 16.9 Å². The molecule has 3 N–H and O–H groups in total. The number of nitrogens with zero attached hydrogens (tertiary/aromatic N) is 1. The molecule has 0 amide bonds. The Labute approximate surface area is 91.3 Å². The van der Waals surface area contributed by atoms with Crippen LogP contribution in [0.2, 0.25) is 0 Å². The highest BCUT2D eigenvalue weighted by atomic mass is 32.2. The number of fused-ring (bicyclic) bond motifs is 1. The van der Waals surface area contributed by atoms with E-state index in [1.54, 1.807) is 6.08 Å². The van der Waals surface area contributed by atoms with Gasteiger partial charge >= 0.3 is 0 Å². The molecule has 0 aromatic carbocycles. The van der Waals surface area contributed by atoms with Crippen LogP contribution >= 0.6 is 11.8 Å². The molecule has 76 valence electrons. The highest BCUT2D eigenvalue weighted by Gasteiger charge is 2.31. The molecule has 0 saturated carbocycles. The van der Waals surface area contributed by atoms with Crippen LogP contribution in [0.3, 0.4) is 0 Å². The molecule has 0 saturated heterocycles. The van der Waals surface area contributed by atoms with Crippen molar-refractivity contribution in [1.29, 1.82) is 5.41 Å². The molecule has 0 bridgehead atoms. The van der Waals surface area contributed by atoms with Crippen LogP contribution in [0.4, 0.5) is 0 Å². The lowest BCUT2D eigenvalue weighted by Gasteiger charge is -2.14. The zero-order chi connectivity index (χ0) is 10.8. The van der Waals surface area contributed by atoms with Gasteiger partial charge in [-0.3, -0.25) is 5.41 Å². The molecular formula is C10H10N3OS+. The van der Waals surface area contributed by atoms with Crippen molar-refractivity contribution in [2.24, 2.45) is 5.73 Å². The molecule has 2 aliphatic rings. The van der Waals surface area contributed by atoms with Crippen LogP contribution in [0.1, 0.15) is 0 Å². The first-order valence-electron chi connectivity index (χ1n) is 4.43. The SMILES string of the molecule is N=C(N)SC1=C2C=CC=CC2[N+](=O)C=C1. The zero-order valence-corrected chi connectivity index (χ0v) is 8.70. The monoisotopic (exact) mass is 220 g/mol. The minimum atomic E-state index is -0.276. The van der Waals surface area contributed by atoms with Gasteiger partial charge in [-0.1, -0.05) is 30.0 Å². The van der Waals surface area contributed by atoms with Crippen molar-refractivity contribution in [2.75, 3.05) is 0 Å². The van der Waals surface area contributed by atoms with E-state index in [0.29, 0.717) is 0 Å². The van der Waals surface area contributed by atoms with E-state index < -0.39 is 0 Å². The Morgan fingerprint density at radius 1 is 1.47 bits per heavy atom. The van der Waals surface area contributed by atoms with Crippen LogP contribution in [0, 0.1) is 10.3 Å². The Bertz CT molecular complexity index is 446. The second kappa shape index (κ2) is 3.86. The molecule has 4 nitrogen and oxygen atoms in total. The fourth-order valence-electron chi connectivity index (χ4n) is 1.52. The van der Waals surface area contributed by atoms with Crippen LogP contribution in [-0.4, -0.2) is 16.0 Å². The topological polar surface area (TPSA) is 70.0 Å². The maximum absolute atomic E-state index is 11.5. The van der Waals surface area contributed by atoms with E-state index >= 15 is 0 Å². The average molecular weight is 220 g/mol. The van der Waals surface area contributed by atoms with E-state index in [9.17, 15) is 4.91 Å². The standard InChI is InChI=1S/C10H10N3OS/c11-10(12)15-9-5-6-13(14)8-4-2-1-3-7(8)9/h1-6,8H,(H3,11,12)/q+1. The van der Waals surface area contributed by atoms with E-state index in [-0.39, 0.29) is 11.2 Å². The fourth-order valence-corrected chi connectivity index (χ4v) is 2.19. The zero-order valence-electron chi connectivity index (χ0n) is 7.88.